The molecule has 2 aliphatic heterocycles. The van der Waals surface area contributed by atoms with Gasteiger partial charge in [0.25, 0.3) is 5.91 Å². The minimum absolute atomic E-state index is 0.119. The number of aromatic hydroxyl groups is 1. The third kappa shape index (κ3) is 9.83. The zero-order chi connectivity index (χ0) is 40.4. The molecular formula is C44H47BrN8O5. The number of phenols is 1. The first-order valence-corrected chi connectivity index (χ1v) is 20.1. The number of hydrogen-bond donors (Lipinski definition) is 5. The van der Waals surface area contributed by atoms with Gasteiger partial charge in [0.1, 0.15) is 35.2 Å². The Morgan fingerprint density at radius 1 is 0.897 bits per heavy atom. The molecule has 2 aliphatic rings. The number of likely N-dealkylation sites (tertiary alicyclic amines) is 1. The van der Waals surface area contributed by atoms with Gasteiger partial charge in [-0.1, -0.05) is 46.3 Å². The molecule has 1 fully saturated rings. The average molecular weight is 848 g/mol. The minimum atomic E-state index is -0.121. The number of hydrogen-bond acceptors (Lipinski definition) is 12. The van der Waals surface area contributed by atoms with Crippen molar-refractivity contribution in [3.05, 3.63) is 130 Å². The normalized spacial score (nSPS) is 15.3. The Hall–Kier alpha value is -5.80. The molecule has 0 unspecified atom stereocenters. The molecule has 300 valence electrons. The number of para-hydroxylation sites is 1. The number of anilines is 3. The van der Waals surface area contributed by atoms with E-state index in [2.05, 4.69) is 41.4 Å². The van der Waals surface area contributed by atoms with Gasteiger partial charge in [0.05, 0.1) is 54.7 Å². The van der Waals surface area contributed by atoms with Crippen molar-refractivity contribution in [2.75, 3.05) is 75.6 Å². The largest absolute Gasteiger partial charge is 0.508 e. The van der Waals surface area contributed by atoms with Crippen molar-refractivity contribution in [3.63, 3.8) is 0 Å². The molecule has 4 aromatic carbocycles. The topological polar surface area (TPSA) is 171 Å². The number of nitrogen functional groups attached to an aromatic ring is 1. The van der Waals surface area contributed by atoms with E-state index >= 15 is 0 Å². The van der Waals surface area contributed by atoms with Crippen LogP contribution in [0.4, 0.5) is 17.3 Å². The summed E-state index contributed by atoms with van der Waals surface area (Å²) in [5.41, 5.74) is 11.3. The van der Waals surface area contributed by atoms with Gasteiger partial charge in [0.15, 0.2) is 0 Å². The molecule has 14 heteroatoms. The van der Waals surface area contributed by atoms with Crippen LogP contribution in [0.25, 0.3) is 11.3 Å². The lowest BCUT2D eigenvalue weighted by Gasteiger charge is -2.32. The number of phenolic OH excluding ortho intramolecular Hbond substituents is 1. The molecule has 1 aromatic heterocycles. The molecule has 0 atom stereocenters. The molecule has 0 saturated carbocycles. The summed E-state index contributed by atoms with van der Waals surface area (Å²) in [5, 5.41) is 26.1. The van der Waals surface area contributed by atoms with E-state index < -0.39 is 0 Å². The lowest BCUT2D eigenvalue weighted by Crippen LogP contribution is -2.41. The molecular weight excluding hydrogens is 800 g/mol. The number of carbonyl (C=O) groups is 1. The van der Waals surface area contributed by atoms with Gasteiger partial charge in [-0.05, 0) is 79.6 Å². The lowest BCUT2D eigenvalue weighted by molar-refractivity contribution is -0.112. The molecule has 0 aliphatic carbocycles. The minimum Gasteiger partial charge on any atom is -0.508 e. The number of amides is 1. The van der Waals surface area contributed by atoms with Gasteiger partial charge in [-0.15, -0.1) is 0 Å². The number of nitrogens with zero attached hydrogens (tertiary/aromatic N) is 4. The van der Waals surface area contributed by atoms with Gasteiger partial charge >= 0.3 is 0 Å². The molecule has 0 spiro atoms. The molecule has 5 aromatic rings. The van der Waals surface area contributed by atoms with Crippen LogP contribution >= 0.6 is 15.9 Å². The van der Waals surface area contributed by atoms with Crippen molar-refractivity contribution >= 4 is 56.1 Å². The van der Waals surface area contributed by atoms with Crippen molar-refractivity contribution in [1.82, 2.24) is 20.2 Å². The summed E-state index contributed by atoms with van der Waals surface area (Å²) in [5.74, 6) is 2.23. The monoisotopic (exact) mass is 846 g/mol. The van der Waals surface area contributed by atoms with Crippen molar-refractivity contribution < 1.29 is 24.1 Å². The van der Waals surface area contributed by atoms with Crippen LogP contribution in [0.3, 0.4) is 0 Å². The lowest BCUT2D eigenvalue weighted by atomic mass is 10.00. The first-order chi connectivity index (χ1) is 28.2. The van der Waals surface area contributed by atoms with Gasteiger partial charge in [-0.25, -0.2) is 9.97 Å². The van der Waals surface area contributed by atoms with Crippen LogP contribution in [0, 0.1) is 5.41 Å². The number of benzene rings is 4. The van der Waals surface area contributed by atoms with E-state index in [0.29, 0.717) is 72.5 Å². The summed E-state index contributed by atoms with van der Waals surface area (Å²) in [6, 6.07) is 29.7. The van der Waals surface area contributed by atoms with E-state index in [1.165, 1.54) is 6.33 Å². The first kappa shape index (κ1) is 40.4. The Bertz CT molecular complexity index is 2250. The van der Waals surface area contributed by atoms with Crippen LogP contribution in [-0.2, 0) is 14.3 Å². The van der Waals surface area contributed by atoms with E-state index in [9.17, 15) is 9.90 Å². The standard InChI is InChI=1S/C44H47BrN8O5/c1-52-37-15-12-31(45)27-36(37)38(44(52)55)41(30-6-5-7-33(54)26-30)48-18-22-56-24-25-57-23-21-53-19-16-32(17-20-53)51-43-39(42(47)49-28-50-43)40(46)29-10-13-35(14-11-29)58-34-8-3-2-4-9-34/h2-15,26-28,32,46,48,54H,16-25H2,1H3,(H3,47,49,50,51)/b41-38-,46-40?. The van der Waals surface area contributed by atoms with Crippen LogP contribution in [0.15, 0.2) is 108 Å². The number of rotatable bonds is 17. The maximum absolute atomic E-state index is 13.4. The van der Waals surface area contributed by atoms with Gasteiger partial charge in [-0.3, -0.25) is 10.2 Å². The highest BCUT2D eigenvalue weighted by molar-refractivity contribution is 9.10. The van der Waals surface area contributed by atoms with Crippen LogP contribution < -0.4 is 26.0 Å². The van der Waals surface area contributed by atoms with E-state index in [4.69, 9.17) is 25.4 Å². The Morgan fingerprint density at radius 2 is 1.64 bits per heavy atom. The summed E-state index contributed by atoms with van der Waals surface area (Å²) in [6.07, 6.45) is 3.24. The zero-order valence-electron chi connectivity index (χ0n) is 32.3. The summed E-state index contributed by atoms with van der Waals surface area (Å²) in [4.78, 5) is 26.1. The van der Waals surface area contributed by atoms with Crippen molar-refractivity contribution in [1.29, 1.82) is 5.41 Å². The molecule has 7 rings (SSSR count). The zero-order valence-corrected chi connectivity index (χ0v) is 33.9. The average Bonchev–Trinajstić information content (AvgIpc) is 3.47. The van der Waals surface area contributed by atoms with Gasteiger partial charge < -0.3 is 45.5 Å². The molecule has 6 N–H and O–H groups in total. The second-order valence-electron chi connectivity index (χ2n) is 14.0. The Morgan fingerprint density at radius 3 is 2.40 bits per heavy atom. The first-order valence-electron chi connectivity index (χ1n) is 19.3. The number of piperidine rings is 1. The summed E-state index contributed by atoms with van der Waals surface area (Å²) in [7, 11) is 1.76. The number of likely N-dealkylation sites (N-methyl/N-ethyl adjacent to an activating group) is 1. The van der Waals surface area contributed by atoms with Crippen LogP contribution in [0.5, 0.6) is 17.2 Å². The van der Waals surface area contributed by atoms with Crippen LogP contribution in [0.1, 0.15) is 35.1 Å². The molecule has 0 bridgehead atoms. The van der Waals surface area contributed by atoms with Crippen molar-refractivity contribution in [3.8, 4) is 17.2 Å². The number of fused-ring (bicyclic) bond motifs is 1. The maximum Gasteiger partial charge on any atom is 0.260 e. The highest BCUT2D eigenvalue weighted by atomic mass is 79.9. The second-order valence-corrected chi connectivity index (χ2v) is 15.0. The van der Waals surface area contributed by atoms with E-state index in [0.717, 1.165) is 53.9 Å². The smallest absolute Gasteiger partial charge is 0.260 e. The van der Waals surface area contributed by atoms with Crippen molar-refractivity contribution in [2.45, 2.75) is 18.9 Å². The van der Waals surface area contributed by atoms with Gasteiger partial charge in [0, 0.05) is 60.4 Å². The molecule has 1 amide bonds. The summed E-state index contributed by atoms with van der Waals surface area (Å²) < 4.78 is 18.6. The van der Waals surface area contributed by atoms with Gasteiger partial charge in [-0.2, -0.15) is 0 Å². The third-order valence-electron chi connectivity index (χ3n) is 10.1. The van der Waals surface area contributed by atoms with Crippen LogP contribution in [-0.4, -0.2) is 97.3 Å². The summed E-state index contributed by atoms with van der Waals surface area (Å²) in [6.45, 7) is 4.98. The van der Waals surface area contributed by atoms with E-state index in [-0.39, 0.29) is 29.2 Å². The molecule has 0 radical (unpaired) electrons. The van der Waals surface area contributed by atoms with E-state index in [1.807, 2.05) is 78.9 Å². The van der Waals surface area contributed by atoms with Crippen LogP contribution in [0.2, 0.25) is 0 Å². The Kier molecular flexibility index (Phi) is 13.3. The molecule has 13 nitrogen and oxygen atoms in total. The number of aromatic nitrogens is 2. The SMILES string of the molecule is CN1C(=O)/C(=C(\NCCOCCOCCN2CCC(Nc3ncnc(N)c3C(=N)c3ccc(Oc4ccccc4)cc3)CC2)c2cccc(O)c2)c2cc(Br)ccc21. The Labute approximate surface area is 346 Å². The molecule has 3 heterocycles. The van der Waals surface area contributed by atoms with Gasteiger partial charge in [0.2, 0.25) is 0 Å². The number of carbonyl (C=O) groups excluding carboxylic acids is 1. The maximum atomic E-state index is 13.4. The molecule has 58 heavy (non-hydrogen) atoms. The highest BCUT2D eigenvalue weighted by Crippen LogP contribution is 2.41. The molecule has 1 saturated heterocycles. The number of nitrogens with one attached hydrogen (secondary N) is 3. The quantitative estimate of drug-likeness (QED) is 0.0380. The predicted octanol–water partition coefficient (Wildman–Crippen LogP) is 6.78. The predicted molar refractivity (Wildman–Crippen MR) is 231 cm³/mol. The number of halogens is 1. The third-order valence-corrected chi connectivity index (χ3v) is 10.6. The fourth-order valence-corrected chi connectivity index (χ4v) is 7.46. The second kappa shape index (κ2) is 19.1. The summed E-state index contributed by atoms with van der Waals surface area (Å²) >= 11 is 3.54. The highest BCUT2D eigenvalue weighted by Gasteiger charge is 2.33. The van der Waals surface area contributed by atoms with E-state index in [1.54, 1.807) is 30.1 Å². The number of nitrogens with two attached hydrogens (primary N) is 1. The Balaban J connectivity index is 0.827. The van der Waals surface area contributed by atoms with Crippen molar-refractivity contribution in [2.24, 2.45) is 0 Å². The number of ether oxygens (including phenoxy) is 3. The fourth-order valence-electron chi connectivity index (χ4n) is 7.10. The fraction of sp³-hybridized carbons (Fsp3) is 0.273.